The lowest BCUT2D eigenvalue weighted by Crippen LogP contribution is -2.55. The van der Waals surface area contributed by atoms with Gasteiger partial charge in [0.1, 0.15) is 0 Å². The zero-order valence-corrected chi connectivity index (χ0v) is 13.1. The minimum absolute atomic E-state index is 0.0460. The SMILES string of the molecule is CCNC(C1CCOC2(CCOCC2)C1)C1COCCO1. The highest BCUT2D eigenvalue weighted by molar-refractivity contribution is 4.95. The number of ether oxygens (including phenoxy) is 4. The minimum atomic E-state index is 0.0460. The van der Waals surface area contributed by atoms with Crippen LogP contribution in [-0.2, 0) is 18.9 Å². The van der Waals surface area contributed by atoms with Crippen molar-refractivity contribution in [1.82, 2.24) is 5.32 Å². The third-order valence-electron chi connectivity index (χ3n) is 5.13. The minimum Gasteiger partial charge on any atom is -0.381 e. The third-order valence-corrected chi connectivity index (χ3v) is 5.13. The average molecular weight is 299 g/mol. The quantitative estimate of drug-likeness (QED) is 0.849. The molecule has 3 rings (SSSR count). The largest absolute Gasteiger partial charge is 0.381 e. The molecule has 122 valence electrons. The summed E-state index contributed by atoms with van der Waals surface area (Å²) >= 11 is 0. The fraction of sp³-hybridized carbons (Fsp3) is 1.00. The molecule has 0 aromatic carbocycles. The van der Waals surface area contributed by atoms with Crippen LogP contribution < -0.4 is 5.32 Å². The van der Waals surface area contributed by atoms with Gasteiger partial charge in [-0.1, -0.05) is 6.92 Å². The van der Waals surface area contributed by atoms with E-state index in [1.165, 1.54) is 0 Å². The first kappa shape index (κ1) is 15.7. The molecule has 5 nitrogen and oxygen atoms in total. The summed E-state index contributed by atoms with van der Waals surface area (Å²) in [7, 11) is 0. The van der Waals surface area contributed by atoms with Crippen molar-refractivity contribution in [2.24, 2.45) is 5.92 Å². The lowest BCUT2D eigenvalue weighted by atomic mass is 9.76. The van der Waals surface area contributed by atoms with Crippen LogP contribution in [0.2, 0.25) is 0 Å². The Labute approximate surface area is 127 Å². The van der Waals surface area contributed by atoms with E-state index in [0.717, 1.165) is 65.3 Å². The smallest absolute Gasteiger partial charge is 0.0964 e. The Balaban J connectivity index is 1.66. The van der Waals surface area contributed by atoms with Gasteiger partial charge in [0.05, 0.1) is 31.5 Å². The Morgan fingerprint density at radius 2 is 1.95 bits per heavy atom. The average Bonchev–Trinajstić information content (AvgIpc) is 2.54. The van der Waals surface area contributed by atoms with Crippen LogP contribution >= 0.6 is 0 Å². The van der Waals surface area contributed by atoms with Gasteiger partial charge < -0.3 is 24.3 Å². The number of hydrogen-bond donors (Lipinski definition) is 1. The monoisotopic (exact) mass is 299 g/mol. The molecule has 21 heavy (non-hydrogen) atoms. The molecule has 0 saturated carbocycles. The summed E-state index contributed by atoms with van der Waals surface area (Å²) in [5, 5.41) is 3.65. The Kier molecular flexibility index (Phi) is 5.51. The van der Waals surface area contributed by atoms with E-state index in [2.05, 4.69) is 12.2 Å². The normalized spacial score (nSPS) is 34.7. The van der Waals surface area contributed by atoms with Crippen molar-refractivity contribution in [3.63, 3.8) is 0 Å². The van der Waals surface area contributed by atoms with E-state index in [0.29, 0.717) is 18.6 Å². The molecule has 1 N–H and O–H groups in total. The van der Waals surface area contributed by atoms with Crippen LogP contribution in [0.3, 0.4) is 0 Å². The van der Waals surface area contributed by atoms with Crippen molar-refractivity contribution in [2.45, 2.75) is 50.4 Å². The lowest BCUT2D eigenvalue weighted by Gasteiger charge is -2.47. The van der Waals surface area contributed by atoms with Gasteiger partial charge in [-0.15, -0.1) is 0 Å². The Morgan fingerprint density at radius 3 is 2.67 bits per heavy atom. The standard InChI is InChI=1S/C16H29NO4/c1-2-17-15(14-12-19-9-10-20-14)13-3-6-21-16(11-13)4-7-18-8-5-16/h13-15,17H,2-12H2,1H3. The number of hydrogen-bond acceptors (Lipinski definition) is 5. The van der Waals surface area contributed by atoms with Gasteiger partial charge in [-0.2, -0.15) is 0 Å². The van der Waals surface area contributed by atoms with Crippen molar-refractivity contribution in [3.05, 3.63) is 0 Å². The lowest BCUT2D eigenvalue weighted by molar-refractivity contribution is -0.163. The molecule has 0 radical (unpaired) electrons. The highest BCUT2D eigenvalue weighted by Crippen LogP contribution is 2.39. The summed E-state index contributed by atoms with van der Waals surface area (Å²) in [6.07, 6.45) is 4.47. The second-order valence-corrected chi connectivity index (χ2v) is 6.46. The van der Waals surface area contributed by atoms with Crippen LogP contribution in [0.15, 0.2) is 0 Å². The maximum absolute atomic E-state index is 6.17. The maximum Gasteiger partial charge on any atom is 0.0964 e. The zero-order valence-electron chi connectivity index (χ0n) is 13.1. The third kappa shape index (κ3) is 3.77. The summed E-state index contributed by atoms with van der Waals surface area (Å²) < 4.78 is 23.3. The van der Waals surface area contributed by atoms with Crippen molar-refractivity contribution < 1.29 is 18.9 Å². The van der Waals surface area contributed by atoms with Gasteiger partial charge in [0.2, 0.25) is 0 Å². The molecule has 3 aliphatic heterocycles. The molecule has 0 aliphatic carbocycles. The van der Waals surface area contributed by atoms with Gasteiger partial charge in [-0.25, -0.2) is 0 Å². The number of rotatable bonds is 4. The molecule has 3 saturated heterocycles. The van der Waals surface area contributed by atoms with Crippen LogP contribution in [0, 0.1) is 5.92 Å². The fourth-order valence-electron chi connectivity index (χ4n) is 4.01. The molecule has 0 aromatic heterocycles. The number of nitrogens with one attached hydrogen (secondary N) is 1. The molecule has 3 fully saturated rings. The van der Waals surface area contributed by atoms with E-state index in [1.54, 1.807) is 0 Å². The second-order valence-electron chi connectivity index (χ2n) is 6.46. The zero-order chi connectivity index (χ0) is 14.5. The highest BCUT2D eigenvalue weighted by Gasteiger charge is 2.43. The summed E-state index contributed by atoms with van der Waals surface area (Å²) in [6, 6.07) is 0.374. The first-order valence-electron chi connectivity index (χ1n) is 8.47. The predicted molar refractivity (Wildman–Crippen MR) is 79.5 cm³/mol. The van der Waals surface area contributed by atoms with E-state index < -0.39 is 0 Å². The summed E-state index contributed by atoms with van der Waals surface area (Å²) in [4.78, 5) is 0. The molecule has 5 heteroatoms. The Hall–Kier alpha value is -0.200. The van der Waals surface area contributed by atoms with Crippen molar-refractivity contribution in [1.29, 1.82) is 0 Å². The van der Waals surface area contributed by atoms with Gasteiger partial charge in [0, 0.05) is 25.9 Å². The van der Waals surface area contributed by atoms with Crippen LogP contribution in [0.5, 0.6) is 0 Å². The van der Waals surface area contributed by atoms with Crippen LogP contribution in [0.25, 0.3) is 0 Å². The Bertz CT molecular complexity index is 308. The molecular weight excluding hydrogens is 270 g/mol. The molecular formula is C16H29NO4. The van der Waals surface area contributed by atoms with Crippen LogP contribution in [-0.4, -0.2) is 63.9 Å². The first-order chi connectivity index (χ1) is 10.3. The van der Waals surface area contributed by atoms with E-state index in [-0.39, 0.29) is 11.7 Å². The molecule has 0 bridgehead atoms. The second kappa shape index (κ2) is 7.38. The van der Waals surface area contributed by atoms with Crippen molar-refractivity contribution >= 4 is 0 Å². The van der Waals surface area contributed by atoms with Gasteiger partial charge in [-0.3, -0.25) is 0 Å². The molecule has 1 spiro atoms. The van der Waals surface area contributed by atoms with Crippen molar-refractivity contribution in [2.75, 3.05) is 46.2 Å². The molecule has 3 aliphatic rings. The van der Waals surface area contributed by atoms with E-state index in [1.807, 2.05) is 0 Å². The van der Waals surface area contributed by atoms with Crippen LogP contribution in [0.4, 0.5) is 0 Å². The van der Waals surface area contributed by atoms with Gasteiger partial charge >= 0.3 is 0 Å². The maximum atomic E-state index is 6.17. The van der Waals surface area contributed by atoms with Crippen LogP contribution in [0.1, 0.15) is 32.6 Å². The first-order valence-corrected chi connectivity index (χ1v) is 8.47. The predicted octanol–water partition coefficient (Wildman–Crippen LogP) is 1.36. The molecule has 3 atom stereocenters. The molecule has 0 aromatic rings. The fourth-order valence-corrected chi connectivity index (χ4v) is 4.01. The number of likely N-dealkylation sites (N-methyl/N-ethyl adjacent to an activating group) is 1. The molecule has 3 unspecified atom stereocenters. The van der Waals surface area contributed by atoms with E-state index in [9.17, 15) is 0 Å². The van der Waals surface area contributed by atoms with Gasteiger partial charge in [-0.05, 0) is 38.1 Å². The summed E-state index contributed by atoms with van der Waals surface area (Å²) in [5.41, 5.74) is 0.0460. The topological polar surface area (TPSA) is 49.0 Å². The van der Waals surface area contributed by atoms with Gasteiger partial charge in [0.15, 0.2) is 0 Å². The highest BCUT2D eigenvalue weighted by atomic mass is 16.6. The van der Waals surface area contributed by atoms with Gasteiger partial charge in [0.25, 0.3) is 0 Å². The van der Waals surface area contributed by atoms with E-state index >= 15 is 0 Å². The summed E-state index contributed by atoms with van der Waals surface area (Å²) in [5.74, 6) is 0.600. The molecule has 0 amide bonds. The summed E-state index contributed by atoms with van der Waals surface area (Å²) in [6.45, 7) is 7.83. The Morgan fingerprint density at radius 1 is 1.10 bits per heavy atom. The molecule has 3 heterocycles. The van der Waals surface area contributed by atoms with Crippen molar-refractivity contribution in [3.8, 4) is 0 Å². The van der Waals surface area contributed by atoms with E-state index in [4.69, 9.17) is 18.9 Å².